The lowest BCUT2D eigenvalue weighted by Crippen LogP contribution is -2.28. The minimum atomic E-state index is -0.403. The predicted molar refractivity (Wildman–Crippen MR) is 67.2 cm³/mol. The summed E-state index contributed by atoms with van der Waals surface area (Å²) >= 11 is 0. The molecule has 0 aliphatic heterocycles. The maximum absolute atomic E-state index is 11.8. The number of H-pyrrole nitrogens is 1. The Labute approximate surface area is 104 Å². The molecular formula is C13H13N3O2. The van der Waals surface area contributed by atoms with E-state index in [1.165, 1.54) is 18.5 Å². The first-order valence-electron chi connectivity index (χ1n) is 5.54. The molecule has 0 saturated heterocycles. The van der Waals surface area contributed by atoms with Crippen LogP contribution in [0.4, 0.5) is 0 Å². The Bertz CT molecular complexity index is 619. The van der Waals surface area contributed by atoms with Gasteiger partial charge in [0, 0.05) is 24.2 Å². The van der Waals surface area contributed by atoms with Crippen molar-refractivity contribution in [3.63, 3.8) is 0 Å². The molecule has 92 valence electrons. The van der Waals surface area contributed by atoms with E-state index >= 15 is 0 Å². The number of amides is 1. The minimum absolute atomic E-state index is 0.102. The van der Waals surface area contributed by atoms with Crippen molar-refractivity contribution in [1.82, 2.24) is 15.3 Å². The summed E-state index contributed by atoms with van der Waals surface area (Å²) in [5, 5.41) is 2.66. The Kier molecular flexibility index (Phi) is 3.52. The van der Waals surface area contributed by atoms with Crippen molar-refractivity contribution in [3.8, 4) is 0 Å². The Balaban J connectivity index is 2.05. The largest absolute Gasteiger partial charge is 0.367 e. The molecule has 2 aromatic rings. The molecule has 0 unspecified atom stereocenters. The summed E-state index contributed by atoms with van der Waals surface area (Å²) in [6.07, 6.45) is 2.88. The Morgan fingerprint density at radius 3 is 2.94 bits per heavy atom. The number of rotatable bonds is 3. The van der Waals surface area contributed by atoms with Gasteiger partial charge in [-0.1, -0.05) is 6.07 Å². The van der Waals surface area contributed by atoms with Crippen molar-refractivity contribution in [2.75, 3.05) is 0 Å². The van der Waals surface area contributed by atoms with E-state index in [-0.39, 0.29) is 11.0 Å². The van der Waals surface area contributed by atoms with E-state index in [1.807, 2.05) is 25.1 Å². The van der Waals surface area contributed by atoms with Gasteiger partial charge in [-0.3, -0.25) is 14.6 Å². The van der Waals surface area contributed by atoms with Crippen LogP contribution in [0.2, 0.25) is 0 Å². The van der Waals surface area contributed by atoms with Crippen LogP contribution in [0.25, 0.3) is 0 Å². The van der Waals surface area contributed by atoms with Crippen LogP contribution in [-0.2, 0) is 6.54 Å². The highest BCUT2D eigenvalue weighted by Gasteiger charge is 2.08. The molecule has 0 saturated carbocycles. The van der Waals surface area contributed by atoms with Crippen molar-refractivity contribution in [1.29, 1.82) is 0 Å². The Morgan fingerprint density at radius 2 is 2.22 bits per heavy atom. The van der Waals surface area contributed by atoms with Crippen LogP contribution in [0.5, 0.6) is 0 Å². The average Bonchev–Trinajstić information content (AvgIpc) is 2.37. The SMILES string of the molecule is Cc1cccc(CNC(=O)c2c[nH]ccc2=O)n1. The van der Waals surface area contributed by atoms with E-state index in [4.69, 9.17) is 0 Å². The molecule has 5 nitrogen and oxygen atoms in total. The van der Waals surface area contributed by atoms with E-state index in [0.29, 0.717) is 6.54 Å². The predicted octanol–water partition coefficient (Wildman–Crippen LogP) is 1.01. The van der Waals surface area contributed by atoms with Crippen LogP contribution in [0, 0.1) is 6.92 Å². The van der Waals surface area contributed by atoms with Gasteiger partial charge in [0.1, 0.15) is 5.56 Å². The zero-order valence-corrected chi connectivity index (χ0v) is 9.93. The second-order valence-electron chi connectivity index (χ2n) is 3.88. The van der Waals surface area contributed by atoms with E-state index in [0.717, 1.165) is 11.4 Å². The van der Waals surface area contributed by atoms with Crippen molar-refractivity contribution < 1.29 is 4.79 Å². The molecule has 0 bridgehead atoms. The van der Waals surface area contributed by atoms with E-state index < -0.39 is 5.91 Å². The normalized spacial score (nSPS) is 10.1. The van der Waals surface area contributed by atoms with E-state index in [2.05, 4.69) is 15.3 Å². The molecule has 1 amide bonds. The van der Waals surface area contributed by atoms with Crippen LogP contribution in [0.1, 0.15) is 21.7 Å². The number of aromatic nitrogens is 2. The van der Waals surface area contributed by atoms with Gasteiger partial charge in [-0.2, -0.15) is 0 Å². The zero-order chi connectivity index (χ0) is 13.0. The number of carbonyl (C=O) groups excluding carboxylic acids is 1. The van der Waals surface area contributed by atoms with Gasteiger partial charge < -0.3 is 10.3 Å². The van der Waals surface area contributed by atoms with Gasteiger partial charge >= 0.3 is 0 Å². The molecule has 0 atom stereocenters. The Morgan fingerprint density at radius 1 is 1.39 bits per heavy atom. The molecule has 0 spiro atoms. The average molecular weight is 243 g/mol. The number of nitrogens with one attached hydrogen (secondary N) is 2. The van der Waals surface area contributed by atoms with Gasteiger partial charge in [0.15, 0.2) is 5.43 Å². The number of pyridine rings is 2. The summed E-state index contributed by atoms with van der Waals surface area (Å²) in [6, 6.07) is 6.90. The standard InChI is InChI=1S/C13H13N3O2/c1-9-3-2-4-10(16-9)7-15-13(18)11-8-14-6-5-12(11)17/h2-6,8H,7H2,1H3,(H,14,17)(H,15,18). The van der Waals surface area contributed by atoms with Crippen molar-refractivity contribution >= 4 is 5.91 Å². The number of hydrogen-bond acceptors (Lipinski definition) is 3. The highest BCUT2D eigenvalue weighted by atomic mass is 16.2. The van der Waals surface area contributed by atoms with Gasteiger partial charge in [-0.05, 0) is 19.1 Å². The monoisotopic (exact) mass is 243 g/mol. The smallest absolute Gasteiger partial charge is 0.257 e. The Hall–Kier alpha value is -2.43. The highest BCUT2D eigenvalue weighted by Crippen LogP contribution is 1.98. The molecule has 0 aliphatic carbocycles. The lowest BCUT2D eigenvalue weighted by Gasteiger charge is -2.04. The zero-order valence-electron chi connectivity index (χ0n) is 9.93. The summed E-state index contributed by atoms with van der Waals surface area (Å²) in [4.78, 5) is 30.2. The van der Waals surface area contributed by atoms with Crippen LogP contribution in [0.3, 0.4) is 0 Å². The third-order valence-corrected chi connectivity index (χ3v) is 2.44. The van der Waals surface area contributed by atoms with Crippen molar-refractivity contribution in [2.24, 2.45) is 0 Å². The molecular weight excluding hydrogens is 230 g/mol. The number of carbonyl (C=O) groups is 1. The van der Waals surface area contributed by atoms with Gasteiger partial charge in [0.25, 0.3) is 5.91 Å². The van der Waals surface area contributed by atoms with E-state index in [1.54, 1.807) is 0 Å². The van der Waals surface area contributed by atoms with Gasteiger partial charge in [0.05, 0.1) is 12.2 Å². The number of hydrogen-bond donors (Lipinski definition) is 2. The lowest BCUT2D eigenvalue weighted by molar-refractivity contribution is 0.0949. The minimum Gasteiger partial charge on any atom is -0.367 e. The number of aromatic amines is 1. The number of aryl methyl sites for hydroxylation is 1. The third-order valence-electron chi connectivity index (χ3n) is 2.44. The van der Waals surface area contributed by atoms with Crippen LogP contribution in [0.15, 0.2) is 41.5 Å². The van der Waals surface area contributed by atoms with Gasteiger partial charge in [-0.15, -0.1) is 0 Å². The summed E-state index contributed by atoms with van der Waals surface area (Å²) in [5.41, 5.74) is 1.45. The fourth-order valence-corrected chi connectivity index (χ4v) is 1.56. The summed E-state index contributed by atoms with van der Waals surface area (Å²) in [5.74, 6) is -0.403. The molecule has 2 aromatic heterocycles. The first-order valence-corrected chi connectivity index (χ1v) is 5.54. The molecule has 0 radical (unpaired) electrons. The van der Waals surface area contributed by atoms with Crippen molar-refractivity contribution in [3.05, 3.63) is 63.8 Å². The quantitative estimate of drug-likeness (QED) is 0.844. The van der Waals surface area contributed by atoms with Crippen LogP contribution >= 0.6 is 0 Å². The topological polar surface area (TPSA) is 74.8 Å². The second-order valence-corrected chi connectivity index (χ2v) is 3.88. The molecule has 0 aromatic carbocycles. The molecule has 0 fully saturated rings. The summed E-state index contributed by atoms with van der Waals surface area (Å²) in [7, 11) is 0. The third kappa shape index (κ3) is 2.82. The lowest BCUT2D eigenvalue weighted by atomic mass is 10.2. The fourth-order valence-electron chi connectivity index (χ4n) is 1.56. The first-order chi connectivity index (χ1) is 8.66. The molecule has 0 aliphatic rings. The number of nitrogens with zero attached hydrogens (tertiary/aromatic N) is 1. The first kappa shape index (κ1) is 12.0. The maximum atomic E-state index is 11.8. The van der Waals surface area contributed by atoms with Gasteiger partial charge in [-0.25, -0.2) is 0 Å². The molecule has 5 heteroatoms. The van der Waals surface area contributed by atoms with Crippen LogP contribution < -0.4 is 10.7 Å². The van der Waals surface area contributed by atoms with Gasteiger partial charge in [0.2, 0.25) is 0 Å². The van der Waals surface area contributed by atoms with Crippen molar-refractivity contribution in [2.45, 2.75) is 13.5 Å². The van der Waals surface area contributed by atoms with E-state index in [9.17, 15) is 9.59 Å². The molecule has 2 rings (SSSR count). The highest BCUT2D eigenvalue weighted by molar-refractivity contribution is 5.93. The second kappa shape index (κ2) is 5.27. The maximum Gasteiger partial charge on any atom is 0.257 e. The van der Waals surface area contributed by atoms with Crippen LogP contribution in [-0.4, -0.2) is 15.9 Å². The molecule has 2 N–H and O–H groups in total. The fraction of sp³-hybridized carbons (Fsp3) is 0.154. The molecule has 2 heterocycles. The molecule has 18 heavy (non-hydrogen) atoms. The summed E-state index contributed by atoms with van der Waals surface area (Å²) < 4.78 is 0. The summed E-state index contributed by atoms with van der Waals surface area (Å²) in [6.45, 7) is 2.18.